The minimum atomic E-state index is -3.07. The summed E-state index contributed by atoms with van der Waals surface area (Å²) < 4.78 is 29.6. The van der Waals surface area contributed by atoms with Crippen LogP contribution in [0.5, 0.6) is 0 Å². The molecule has 0 unspecified atom stereocenters. The van der Waals surface area contributed by atoms with Crippen molar-refractivity contribution in [1.82, 2.24) is 4.98 Å². The summed E-state index contributed by atoms with van der Waals surface area (Å²) in [7, 11) is 1.06. The van der Waals surface area contributed by atoms with Gasteiger partial charge in [-0.3, -0.25) is 10.1 Å². The average molecular weight is 246 g/mol. The van der Waals surface area contributed by atoms with Gasteiger partial charge in [-0.15, -0.1) is 0 Å². The lowest BCUT2D eigenvalue weighted by molar-refractivity contribution is -0.387. The lowest BCUT2D eigenvalue weighted by Gasteiger charge is -2.06. The van der Waals surface area contributed by atoms with Gasteiger partial charge in [0.2, 0.25) is 0 Å². The topological polar surface area (TPSA) is 82.3 Å². The molecule has 1 aromatic heterocycles. The number of hydrogen-bond donors (Lipinski definition) is 0. The normalized spacial score (nSPS) is 10.4. The molecule has 0 aliphatic carbocycles. The van der Waals surface area contributed by atoms with Crippen molar-refractivity contribution in [2.24, 2.45) is 0 Å². The van der Waals surface area contributed by atoms with Gasteiger partial charge in [-0.2, -0.15) is 0 Å². The first-order valence-electron chi connectivity index (χ1n) is 4.40. The molecule has 0 aliphatic heterocycles. The number of rotatable bonds is 3. The van der Waals surface area contributed by atoms with E-state index in [0.717, 1.165) is 7.11 Å². The van der Waals surface area contributed by atoms with Crippen LogP contribution in [0.3, 0.4) is 0 Å². The van der Waals surface area contributed by atoms with E-state index in [2.05, 4.69) is 9.72 Å². The Morgan fingerprint density at radius 1 is 1.59 bits per heavy atom. The second-order valence-corrected chi connectivity index (χ2v) is 3.08. The summed E-state index contributed by atoms with van der Waals surface area (Å²) in [5.74, 6) is -0.926. The highest BCUT2D eigenvalue weighted by Crippen LogP contribution is 2.31. The number of hydrogen-bond acceptors (Lipinski definition) is 5. The van der Waals surface area contributed by atoms with Crippen LogP contribution in [0.25, 0.3) is 0 Å². The van der Waals surface area contributed by atoms with E-state index in [1.807, 2.05) is 0 Å². The summed E-state index contributed by atoms with van der Waals surface area (Å²) in [6.45, 7) is 1.18. The van der Waals surface area contributed by atoms with Crippen LogP contribution in [0.4, 0.5) is 14.5 Å². The number of alkyl halides is 2. The molecule has 0 saturated heterocycles. The zero-order chi connectivity index (χ0) is 13.2. The third-order valence-corrected chi connectivity index (χ3v) is 2.01. The lowest BCUT2D eigenvalue weighted by Crippen LogP contribution is -2.09. The molecule has 0 aromatic carbocycles. The van der Waals surface area contributed by atoms with Gasteiger partial charge in [-0.05, 0) is 13.0 Å². The van der Waals surface area contributed by atoms with Crippen LogP contribution in [0, 0.1) is 17.0 Å². The fourth-order valence-electron chi connectivity index (χ4n) is 1.30. The molecule has 6 nitrogen and oxygen atoms in total. The second-order valence-electron chi connectivity index (χ2n) is 3.08. The molecule has 0 amide bonds. The maximum absolute atomic E-state index is 12.6. The summed E-state index contributed by atoms with van der Waals surface area (Å²) >= 11 is 0. The van der Waals surface area contributed by atoms with E-state index in [0.29, 0.717) is 6.07 Å². The fraction of sp³-hybridized carbons (Fsp3) is 0.333. The van der Waals surface area contributed by atoms with Gasteiger partial charge in [0.25, 0.3) is 12.1 Å². The first-order valence-corrected chi connectivity index (χ1v) is 4.40. The molecule has 0 bridgehead atoms. The van der Waals surface area contributed by atoms with E-state index >= 15 is 0 Å². The average Bonchev–Trinajstić information content (AvgIpc) is 2.26. The van der Waals surface area contributed by atoms with Crippen LogP contribution >= 0.6 is 0 Å². The Morgan fingerprint density at radius 3 is 2.59 bits per heavy atom. The minimum absolute atomic E-state index is 0.256. The predicted molar refractivity (Wildman–Crippen MR) is 51.9 cm³/mol. The number of methoxy groups -OCH3 is 1. The molecular formula is C9H8F2N2O4. The van der Waals surface area contributed by atoms with Crippen molar-refractivity contribution < 1.29 is 23.2 Å². The van der Waals surface area contributed by atoms with E-state index in [4.69, 9.17) is 0 Å². The molecule has 8 heteroatoms. The number of ether oxygens (including phenoxy) is 1. The zero-order valence-corrected chi connectivity index (χ0v) is 8.94. The molecule has 0 atom stereocenters. The predicted octanol–water partition coefficient (Wildman–Crippen LogP) is 2.02. The summed E-state index contributed by atoms with van der Waals surface area (Å²) in [6, 6.07) is 0.668. The Hall–Kier alpha value is -2.12. The molecule has 1 rings (SSSR count). The molecule has 17 heavy (non-hydrogen) atoms. The van der Waals surface area contributed by atoms with Gasteiger partial charge < -0.3 is 4.74 Å². The third kappa shape index (κ3) is 2.52. The summed E-state index contributed by atoms with van der Waals surface area (Å²) in [4.78, 5) is 24.3. The molecule has 0 aliphatic rings. The molecule has 1 aromatic rings. The summed E-state index contributed by atoms with van der Waals surface area (Å²) in [6.07, 6.45) is -3.07. The van der Waals surface area contributed by atoms with Gasteiger partial charge in [-0.1, -0.05) is 0 Å². The number of nitro groups is 1. The number of carbonyl (C=O) groups is 1. The van der Waals surface area contributed by atoms with Crippen LogP contribution in [0.2, 0.25) is 0 Å². The monoisotopic (exact) mass is 246 g/mol. The van der Waals surface area contributed by atoms with E-state index in [9.17, 15) is 23.7 Å². The number of aromatic nitrogens is 1. The molecule has 92 valence electrons. The quantitative estimate of drug-likeness (QED) is 0.463. The molecule has 1 heterocycles. The number of carbonyl (C=O) groups excluding carboxylic acids is 1. The highest BCUT2D eigenvalue weighted by Gasteiger charge is 2.27. The standard InChI is InChI=1S/C9H8F2N2O4/c1-4-7(13(15)16)5(8(10)11)3-6(12-4)9(14)17-2/h3,8H,1-2H3. The van der Waals surface area contributed by atoms with Crippen LogP contribution in [0.15, 0.2) is 6.07 Å². The molecule has 0 spiro atoms. The maximum Gasteiger partial charge on any atom is 0.356 e. The molecule has 0 saturated carbocycles. The van der Waals surface area contributed by atoms with Crippen molar-refractivity contribution in [3.8, 4) is 0 Å². The van der Waals surface area contributed by atoms with Crippen molar-refractivity contribution >= 4 is 11.7 Å². The number of aryl methyl sites for hydroxylation is 1. The second kappa shape index (κ2) is 4.81. The van der Waals surface area contributed by atoms with Crippen molar-refractivity contribution in [2.45, 2.75) is 13.3 Å². The highest BCUT2D eigenvalue weighted by atomic mass is 19.3. The largest absolute Gasteiger partial charge is 0.464 e. The molecular weight excluding hydrogens is 238 g/mol. The maximum atomic E-state index is 12.6. The van der Waals surface area contributed by atoms with E-state index in [-0.39, 0.29) is 11.4 Å². The van der Waals surface area contributed by atoms with Gasteiger partial charge in [0.15, 0.2) is 0 Å². The lowest BCUT2D eigenvalue weighted by atomic mass is 10.1. The minimum Gasteiger partial charge on any atom is -0.464 e. The first kappa shape index (κ1) is 12.9. The van der Waals surface area contributed by atoms with Crippen molar-refractivity contribution in [1.29, 1.82) is 0 Å². The van der Waals surface area contributed by atoms with E-state index in [1.54, 1.807) is 0 Å². The number of pyridine rings is 1. The van der Waals surface area contributed by atoms with Crippen molar-refractivity contribution in [3.05, 3.63) is 33.1 Å². The Morgan fingerprint density at radius 2 is 2.18 bits per heavy atom. The van der Waals surface area contributed by atoms with E-state index in [1.165, 1.54) is 6.92 Å². The van der Waals surface area contributed by atoms with Crippen LogP contribution < -0.4 is 0 Å². The smallest absolute Gasteiger partial charge is 0.356 e. The Labute approximate surface area is 94.4 Å². The summed E-state index contributed by atoms with van der Waals surface area (Å²) in [5, 5.41) is 10.6. The highest BCUT2D eigenvalue weighted by molar-refractivity contribution is 5.87. The first-order chi connectivity index (χ1) is 7.88. The number of nitrogens with zero attached hydrogens (tertiary/aromatic N) is 2. The van der Waals surface area contributed by atoms with Crippen LogP contribution in [0.1, 0.15) is 28.2 Å². The van der Waals surface area contributed by atoms with Gasteiger partial charge in [0.1, 0.15) is 11.4 Å². The SMILES string of the molecule is COC(=O)c1cc(C(F)F)c([N+](=O)[O-])c(C)n1. The van der Waals surface area contributed by atoms with Crippen molar-refractivity contribution in [2.75, 3.05) is 7.11 Å². The van der Waals surface area contributed by atoms with Crippen LogP contribution in [-0.4, -0.2) is 23.0 Å². The Kier molecular flexibility index (Phi) is 3.66. The Balaban J connectivity index is 3.46. The zero-order valence-electron chi connectivity index (χ0n) is 8.94. The Bertz CT molecular complexity index is 476. The molecule has 0 fully saturated rings. The van der Waals surface area contributed by atoms with Crippen LogP contribution in [-0.2, 0) is 4.74 Å². The van der Waals surface area contributed by atoms with Gasteiger partial charge in [0, 0.05) is 0 Å². The van der Waals surface area contributed by atoms with Gasteiger partial charge in [-0.25, -0.2) is 18.6 Å². The third-order valence-electron chi connectivity index (χ3n) is 2.01. The van der Waals surface area contributed by atoms with Gasteiger partial charge in [0.05, 0.1) is 17.6 Å². The molecule has 0 radical (unpaired) electrons. The van der Waals surface area contributed by atoms with E-state index < -0.39 is 28.6 Å². The fourth-order valence-corrected chi connectivity index (χ4v) is 1.30. The van der Waals surface area contributed by atoms with Gasteiger partial charge >= 0.3 is 5.97 Å². The van der Waals surface area contributed by atoms with Crippen molar-refractivity contribution in [3.63, 3.8) is 0 Å². The number of esters is 1. The molecule has 0 N–H and O–H groups in total. The number of halogens is 2. The summed E-state index contributed by atoms with van der Waals surface area (Å²) in [5.41, 5.74) is -2.27.